The molecular weight excluding hydrogens is 612 g/mol. The molecule has 0 unspecified atom stereocenters. The highest BCUT2D eigenvalue weighted by molar-refractivity contribution is 6.36. The number of carbonyl (C=O) groups excluding carboxylic acids is 1. The minimum atomic E-state index is -0.789. The summed E-state index contributed by atoms with van der Waals surface area (Å²) in [5, 5.41) is 20.9. The van der Waals surface area contributed by atoms with Crippen LogP contribution in [0.25, 0.3) is 22.4 Å². The second-order valence-corrected chi connectivity index (χ2v) is 11.6. The van der Waals surface area contributed by atoms with Crippen molar-refractivity contribution < 1.29 is 19.4 Å². The second kappa shape index (κ2) is 12.5. The van der Waals surface area contributed by atoms with Gasteiger partial charge in [0.15, 0.2) is 0 Å². The lowest BCUT2D eigenvalue weighted by Gasteiger charge is -2.23. The Bertz CT molecular complexity index is 2030. The Labute approximate surface area is 269 Å². The molecule has 13 heteroatoms. The molecule has 4 aromatic rings. The monoisotopic (exact) mass is 644 g/mol. The normalized spacial score (nSPS) is 15.9. The van der Waals surface area contributed by atoms with Gasteiger partial charge in [0.1, 0.15) is 12.4 Å². The van der Waals surface area contributed by atoms with Gasteiger partial charge in [-0.25, -0.2) is 14.5 Å². The molecule has 238 valence electrons. The quantitative estimate of drug-likeness (QED) is 0.269. The van der Waals surface area contributed by atoms with Crippen molar-refractivity contribution in [2.75, 3.05) is 25.6 Å². The van der Waals surface area contributed by atoms with Crippen molar-refractivity contribution >= 4 is 23.2 Å². The van der Waals surface area contributed by atoms with Crippen LogP contribution in [0.1, 0.15) is 46.1 Å². The molecule has 6 rings (SSSR count). The lowest BCUT2D eigenvalue weighted by molar-refractivity contribution is 0.101. The number of fused-ring (bicyclic) bond motifs is 1. The molecule has 1 aliphatic carbocycles. The van der Waals surface area contributed by atoms with Crippen LogP contribution in [-0.2, 0) is 25.3 Å². The number of anilines is 1. The number of aliphatic hydroxyl groups excluding tert-OH is 1. The molecule has 0 saturated heterocycles. The van der Waals surface area contributed by atoms with Crippen LogP contribution in [-0.4, -0.2) is 50.7 Å². The number of methoxy groups -OCH3 is 1. The van der Waals surface area contributed by atoms with Crippen LogP contribution in [0.2, 0.25) is 5.02 Å². The molecule has 12 nitrogen and oxygen atoms in total. The van der Waals surface area contributed by atoms with E-state index < -0.39 is 22.9 Å². The highest BCUT2D eigenvalue weighted by atomic mass is 35.5. The number of halogens is 1. The molecule has 0 spiro atoms. The van der Waals surface area contributed by atoms with Crippen molar-refractivity contribution in [1.82, 2.24) is 24.6 Å². The molecule has 2 aromatic heterocycles. The number of nitrogens with one attached hydrogen (secondary N) is 2. The average molecular weight is 645 g/mol. The third kappa shape index (κ3) is 5.54. The largest absolute Gasteiger partial charge is 0.508 e. The number of amides is 1. The van der Waals surface area contributed by atoms with Gasteiger partial charge in [-0.15, -0.1) is 0 Å². The maximum Gasteiger partial charge on any atom is 0.346 e. The summed E-state index contributed by atoms with van der Waals surface area (Å²) in [5.74, 6) is -0.0178. The van der Waals surface area contributed by atoms with Crippen LogP contribution in [0.5, 0.6) is 5.88 Å². The number of nitrogens with zero attached hydrogens (tertiary/aromatic N) is 4. The van der Waals surface area contributed by atoms with E-state index in [9.17, 15) is 19.5 Å². The van der Waals surface area contributed by atoms with E-state index in [4.69, 9.17) is 26.1 Å². The number of hydrogen-bond donors (Lipinski definition) is 3. The molecule has 0 bridgehead atoms. The summed E-state index contributed by atoms with van der Waals surface area (Å²) in [4.78, 5) is 42.5. The summed E-state index contributed by atoms with van der Waals surface area (Å²) < 4.78 is 12.9. The SMILES string of the molecule is COc1nc(-c2cccc(-c3cccc(NC(=O)c4nn(C)c(=O)n(C)c4=O)c3C)c2Cl)cc2c1[C@@H](NC1=C(O)COCC1)CC2. The molecule has 3 N–H and O–H groups in total. The van der Waals surface area contributed by atoms with E-state index in [-0.39, 0.29) is 18.4 Å². The fraction of sp³-hybridized carbons (Fsp3) is 0.303. The van der Waals surface area contributed by atoms with Crippen molar-refractivity contribution in [2.45, 2.75) is 32.2 Å². The molecule has 1 amide bonds. The van der Waals surface area contributed by atoms with Gasteiger partial charge in [-0.2, -0.15) is 5.10 Å². The zero-order valence-corrected chi connectivity index (χ0v) is 26.6. The lowest BCUT2D eigenvalue weighted by atomic mass is 9.96. The Kier molecular flexibility index (Phi) is 8.41. The van der Waals surface area contributed by atoms with E-state index in [2.05, 4.69) is 15.7 Å². The van der Waals surface area contributed by atoms with Crippen LogP contribution < -0.4 is 26.6 Å². The number of pyridine rings is 1. The molecule has 2 aliphatic rings. The van der Waals surface area contributed by atoms with Crippen LogP contribution >= 0.6 is 11.6 Å². The summed E-state index contributed by atoms with van der Waals surface area (Å²) in [6.45, 7) is 2.60. The fourth-order valence-corrected chi connectivity index (χ4v) is 6.33. The maximum atomic E-state index is 13.1. The first-order valence-corrected chi connectivity index (χ1v) is 15.1. The molecule has 46 heavy (non-hydrogen) atoms. The van der Waals surface area contributed by atoms with Crippen LogP contribution in [0.4, 0.5) is 5.69 Å². The number of aryl methyl sites for hydroxylation is 2. The summed E-state index contributed by atoms with van der Waals surface area (Å²) in [6.07, 6.45) is 2.23. The first-order valence-electron chi connectivity index (χ1n) is 14.8. The van der Waals surface area contributed by atoms with Crippen molar-refractivity contribution in [3.8, 4) is 28.3 Å². The van der Waals surface area contributed by atoms with E-state index in [1.165, 1.54) is 14.1 Å². The summed E-state index contributed by atoms with van der Waals surface area (Å²) >= 11 is 7.08. The van der Waals surface area contributed by atoms with Crippen LogP contribution in [0, 0.1) is 6.92 Å². The van der Waals surface area contributed by atoms with Gasteiger partial charge in [0.2, 0.25) is 11.6 Å². The Morgan fingerprint density at radius 1 is 1.11 bits per heavy atom. The number of rotatable bonds is 7. The van der Waals surface area contributed by atoms with Gasteiger partial charge in [-0.1, -0.05) is 41.9 Å². The number of hydrogen-bond acceptors (Lipinski definition) is 9. The van der Waals surface area contributed by atoms with Gasteiger partial charge >= 0.3 is 5.69 Å². The van der Waals surface area contributed by atoms with Gasteiger partial charge in [-0.05, 0) is 48.6 Å². The van der Waals surface area contributed by atoms with Crippen molar-refractivity contribution in [3.05, 3.63) is 102 Å². The van der Waals surface area contributed by atoms with E-state index in [0.717, 1.165) is 55.6 Å². The highest BCUT2D eigenvalue weighted by Crippen LogP contribution is 2.43. The van der Waals surface area contributed by atoms with Gasteiger partial charge in [-0.3, -0.25) is 14.2 Å². The molecule has 0 fully saturated rings. The third-order valence-corrected chi connectivity index (χ3v) is 8.88. The second-order valence-electron chi connectivity index (χ2n) is 11.3. The number of aliphatic hydroxyl groups is 1. The van der Waals surface area contributed by atoms with Gasteiger partial charge in [0, 0.05) is 42.9 Å². The zero-order chi connectivity index (χ0) is 32.7. The smallest absolute Gasteiger partial charge is 0.346 e. The van der Waals surface area contributed by atoms with E-state index in [1.807, 2.05) is 37.3 Å². The average Bonchev–Trinajstić information content (AvgIpc) is 3.46. The van der Waals surface area contributed by atoms with Crippen LogP contribution in [0.15, 0.2) is 63.5 Å². The van der Waals surface area contributed by atoms with Gasteiger partial charge in [0.25, 0.3) is 11.5 Å². The van der Waals surface area contributed by atoms with Gasteiger partial charge < -0.3 is 25.2 Å². The van der Waals surface area contributed by atoms with Crippen molar-refractivity contribution in [3.63, 3.8) is 0 Å². The highest BCUT2D eigenvalue weighted by Gasteiger charge is 2.30. The molecule has 3 heterocycles. The number of ether oxygens (including phenoxy) is 2. The molecule has 2 aromatic carbocycles. The van der Waals surface area contributed by atoms with E-state index in [1.54, 1.807) is 19.2 Å². The molecule has 1 atom stereocenters. The Morgan fingerprint density at radius 2 is 1.85 bits per heavy atom. The van der Waals surface area contributed by atoms with Gasteiger partial charge in [0.05, 0.1) is 36.2 Å². The topological polar surface area (TPSA) is 150 Å². The number of aromatic nitrogens is 4. The first-order chi connectivity index (χ1) is 22.1. The zero-order valence-electron chi connectivity index (χ0n) is 25.8. The Balaban J connectivity index is 1.33. The Hall–Kier alpha value is -4.94. The first kappa shape index (κ1) is 31.1. The third-order valence-electron chi connectivity index (χ3n) is 8.47. The van der Waals surface area contributed by atoms with E-state index >= 15 is 0 Å². The maximum absolute atomic E-state index is 13.1. The molecule has 0 saturated carbocycles. The molecule has 1 aliphatic heterocycles. The van der Waals surface area contributed by atoms with Crippen molar-refractivity contribution in [1.29, 1.82) is 0 Å². The van der Waals surface area contributed by atoms with Crippen molar-refractivity contribution in [2.24, 2.45) is 14.1 Å². The predicted molar refractivity (Wildman–Crippen MR) is 173 cm³/mol. The minimum absolute atomic E-state index is 0.0553. The molecule has 0 radical (unpaired) electrons. The number of carbonyl (C=O) groups is 1. The molecular formula is C33H33ClN6O6. The standard InChI is InChI=1S/C33H33ClN6O6/c1-17-19(7-6-10-22(17)36-30(42)29-32(43)39(2)33(44)40(3)38-29)20-8-5-9-21(28(20)34)25-15-18-11-12-24(27(18)31(37-25)45-4)35-23-13-14-46-16-26(23)41/h5-10,15,24,35,41H,11-14,16H2,1-4H3,(H,36,42)/t24-/m0/s1. The van der Waals surface area contributed by atoms with E-state index in [0.29, 0.717) is 40.9 Å². The summed E-state index contributed by atoms with van der Waals surface area (Å²) in [6, 6.07) is 13.1. The van der Waals surface area contributed by atoms with Crippen LogP contribution in [0.3, 0.4) is 0 Å². The summed E-state index contributed by atoms with van der Waals surface area (Å²) in [5.41, 5.74) is 5.08. The Morgan fingerprint density at radius 3 is 2.61 bits per heavy atom. The lowest BCUT2D eigenvalue weighted by Crippen LogP contribution is -2.43. The predicted octanol–water partition coefficient (Wildman–Crippen LogP) is 4.20. The minimum Gasteiger partial charge on any atom is -0.508 e. The summed E-state index contributed by atoms with van der Waals surface area (Å²) in [7, 11) is 4.26. The fourth-order valence-electron chi connectivity index (χ4n) is 6.01. The number of benzene rings is 2.